The number of aliphatic hydroxyl groups excluding tert-OH is 1. The molecule has 5 atom stereocenters. The molecule has 24 heavy (non-hydrogen) atoms. The Labute approximate surface area is 156 Å². The van der Waals surface area contributed by atoms with Crippen LogP contribution in [0.4, 0.5) is 0 Å². The minimum absolute atomic E-state index is 0. The van der Waals surface area contributed by atoms with E-state index in [1.54, 1.807) is 0 Å². The van der Waals surface area contributed by atoms with Gasteiger partial charge in [-0.2, -0.15) is 0 Å². The Balaban J connectivity index is 0.00000104. The molecule has 2 aromatic rings. The summed E-state index contributed by atoms with van der Waals surface area (Å²) >= 11 is 0. The number of benzene rings is 1. The second-order valence-electron chi connectivity index (χ2n) is 6.88. The SMILES string of the molecule is CCC1CN2CCC1C[C@H]2[C@H](O)c1ccnc2ccccc12.Cl.Cl. The number of rotatable bonds is 3. The van der Waals surface area contributed by atoms with Gasteiger partial charge in [0.25, 0.3) is 0 Å². The number of pyridine rings is 1. The molecule has 1 N–H and O–H groups in total. The Morgan fingerprint density at radius 1 is 1.25 bits per heavy atom. The summed E-state index contributed by atoms with van der Waals surface area (Å²) in [6, 6.07) is 10.4. The van der Waals surface area contributed by atoms with Gasteiger partial charge in [-0.15, -0.1) is 24.8 Å². The zero-order valence-electron chi connectivity index (χ0n) is 14.0. The van der Waals surface area contributed by atoms with Crippen LogP contribution in [0.1, 0.15) is 37.9 Å². The van der Waals surface area contributed by atoms with E-state index in [1.807, 2.05) is 30.5 Å². The van der Waals surface area contributed by atoms with Crippen molar-refractivity contribution < 1.29 is 5.11 Å². The number of hydrogen-bond donors (Lipinski definition) is 1. The first-order valence-electron chi connectivity index (χ1n) is 8.53. The lowest BCUT2D eigenvalue weighted by atomic mass is 9.72. The van der Waals surface area contributed by atoms with Gasteiger partial charge in [-0.1, -0.05) is 31.5 Å². The molecule has 0 radical (unpaired) electrons. The van der Waals surface area contributed by atoms with Crippen LogP contribution in [0.25, 0.3) is 10.9 Å². The molecular formula is C19H26Cl2N2O. The van der Waals surface area contributed by atoms with E-state index < -0.39 is 6.10 Å². The van der Waals surface area contributed by atoms with E-state index in [0.717, 1.165) is 47.8 Å². The van der Waals surface area contributed by atoms with Crippen molar-refractivity contribution in [3.8, 4) is 0 Å². The summed E-state index contributed by atoms with van der Waals surface area (Å²) in [4.78, 5) is 6.94. The average Bonchev–Trinajstić information content (AvgIpc) is 2.60. The molecule has 0 spiro atoms. The van der Waals surface area contributed by atoms with Crippen LogP contribution in [0, 0.1) is 11.8 Å². The molecule has 0 amide bonds. The van der Waals surface area contributed by atoms with Crippen molar-refractivity contribution in [2.75, 3.05) is 13.1 Å². The van der Waals surface area contributed by atoms with Gasteiger partial charge in [0.2, 0.25) is 0 Å². The van der Waals surface area contributed by atoms with Crippen molar-refractivity contribution in [2.24, 2.45) is 11.8 Å². The first-order valence-corrected chi connectivity index (χ1v) is 8.53. The van der Waals surface area contributed by atoms with Crippen LogP contribution in [0.2, 0.25) is 0 Å². The van der Waals surface area contributed by atoms with E-state index in [9.17, 15) is 5.11 Å². The molecule has 1 aromatic carbocycles. The summed E-state index contributed by atoms with van der Waals surface area (Å²) in [5.74, 6) is 1.62. The van der Waals surface area contributed by atoms with Crippen molar-refractivity contribution in [1.82, 2.24) is 9.88 Å². The summed E-state index contributed by atoms with van der Waals surface area (Å²) < 4.78 is 0. The Morgan fingerprint density at radius 2 is 2.04 bits per heavy atom. The van der Waals surface area contributed by atoms with Gasteiger partial charge < -0.3 is 5.11 Å². The van der Waals surface area contributed by atoms with Crippen LogP contribution < -0.4 is 0 Å². The zero-order chi connectivity index (χ0) is 15.1. The molecule has 4 heterocycles. The standard InChI is InChI=1S/C19H24N2O.2ClH/c1-2-13-12-21-10-8-14(13)11-18(21)19(22)16-7-9-20-17-6-4-3-5-15(16)17;;/h3-7,9,13-14,18-19,22H,2,8,10-12H2,1H3;2*1H/t13?,14?,18-,19+;;/m0../s1. The van der Waals surface area contributed by atoms with Crippen molar-refractivity contribution in [3.63, 3.8) is 0 Å². The highest BCUT2D eigenvalue weighted by Gasteiger charge is 2.42. The fourth-order valence-corrected chi connectivity index (χ4v) is 4.55. The largest absolute Gasteiger partial charge is 0.387 e. The predicted molar refractivity (Wildman–Crippen MR) is 103 cm³/mol. The predicted octanol–water partition coefficient (Wildman–Crippen LogP) is 4.23. The molecule has 132 valence electrons. The van der Waals surface area contributed by atoms with Crippen molar-refractivity contribution >= 4 is 35.7 Å². The van der Waals surface area contributed by atoms with E-state index in [4.69, 9.17) is 0 Å². The summed E-state index contributed by atoms with van der Waals surface area (Å²) in [6.45, 7) is 4.60. The first-order chi connectivity index (χ1) is 10.8. The number of hydrogen-bond acceptors (Lipinski definition) is 3. The summed E-state index contributed by atoms with van der Waals surface area (Å²) in [5, 5.41) is 12.1. The van der Waals surface area contributed by atoms with Crippen molar-refractivity contribution in [1.29, 1.82) is 0 Å². The maximum Gasteiger partial charge on any atom is 0.0952 e. The third-order valence-electron chi connectivity index (χ3n) is 5.83. The number of aliphatic hydroxyl groups is 1. The third kappa shape index (κ3) is 3.28. The fraction of sp³-hybridized carbons (Fsp3) is 0.526. The van der Waals surface area contributed by atoms with Crippen LogP contribution in [0.15, 0.2) is 36.5 Å². The summed E-state index contributed by atoms with van der Waals surface area (Å²) in [5.41, 5.74) is 2.01. The molecule has 5 heteroatoms. The average molecular weight is 369 g/mol. The van der Waals surface area contributed by atoms with Gasteiger partial charge >= 0.3 is 0 Å². The summed E-state index contributed by atoms with van der Waals surface area (Å²) in [6.07, 6.45) is 5.12. The molecular weight excluding hydrogens is 343 g/mol. The van der Waals surface area contributed by atoms with E-state index in [1.165, 1.54) is 12.8 Å². The van der Waals surface area contributed by atoms with Crippen molar-refractivity contribution in [2.45, 2.75) is 38.3 Å². The number of para-hydroxylation sites is 1. The number of halogens is 2. The Morgan fingerprint density at radius 3 is 2.75 bits per heavy atom. The second kappa shape index (κ2) is 8.01. The van der Waals surface area contributed by atoms with Crippen molar-refractivity contribution in [3.05, 3.63) is 42.1 Å². The van der Waals surface area contributed by atoms with E-state index in [0.29, 0.717) is 0 Å². The molecule has 3 aliphatic rings. The van der Waals surface area contributed by atoms with E-state index in [-0.39, 0.29) is 30.9 Å². The van der Waals surface area contributed by atoms with Crippen LogP contribution in [-0.2, 0) is 0 Å². The molecule has 3 aliphatic heterocycles. The lowest BCUT2D eigenvalue weighted by molar-refractivity contribution is -0.0562. The Bertz CT molecular complexity index is 676. The molecule has 1 aromatic heterocycles. The quantitative estimate of drug-likeness (QED) is 0.880. The molecule has 0 saturated carbocycles. The van der Waals surface area contributed by atoms with Crippen LogP contribution in [-0.4, -0.2) is 34.1 Å². The monoisotopic (exact) mass is 368 g/mol. The molecule has 3 saturated heterocycles. The van der Waals surface area contributed by atoms with Gasteiger partial charge in [-0.25, -0.2) is 0 Å². The lowest BCUT2D eigenvalue weighted by Gasteiger charge is -2.51. The number of aromatic nitrogens is 1. The highest BCUT2D eigenvalue weighted by molar-refractivity contribution is 5.85. The van der Waals surface area contributed by atoms with Gasteiger partial charge in [-0.05, 0) is 48.9 Å². The zero-order valence-corrected chi connectivity index (χ0v) is 15.6. The van der Waals surface area contributed by atoms with Crippen LogP contribution in [0.3, 0.4) is 0 Å². The molecule has 5 rings (SSSR count). The normalized spacial score (nSPS) is 29.6. The molecule has 3 fully saturated rings. The lowest BCUT2D eigenvalue weighted by Crippen LogP contribution is -2.55. The summed E-state index contributed by atoms with van der Waals surface area (Å²) in [7, 11) is 0. The third-order valence-corrected chi connectivity index (χ3v) is 5.83. The highest BCUT2D eigenvalue weighted by atomic mass is 35.5. The minimum Gasteiger partial charge on any atom is -0.387 e. The number of piperidine rings is 3. The van der Waals surface area contributed by atoms with E-state index >= 15 is 0 Å². The second-order valence-corrected chi connectivity index (χ2v) is 6.88. The topological polar surface area (TPSA) is 36.4 Å². The van der Waals surface area contributed by atoms with Gasteiger partial charge in [0.15, 0.2) is 0 Å². The maximum absolute atomic E-state index is 11.1. The molecule has 3 nitrogen and oxygen atoms in total. The van der Waals surface area contributed by atoms with Gasteiger partial charge in [0, 0.05) is 24.2 Å². The van der Waals surface area contributed by atoms with Gasteiger partial charge in [0.05, 0.1) is 11.6 Å². The first kappa shape index (κ1) is 19.5. The van der Waals surface area contributed by atoms with Gasteiger partial charge in [0.1, 0.15) is 0 Å². The van der Waals surface area contributed by atoms with Crippen LogP contribution >= 0.6 is 24.8 Å². The Hall–Kier alpha value is -0.870. The fourth-order valence-electron chi connectivity index (χ4n) is 4.55. The maximum atomic E-state index is 11.1. The molecule has 2 bridgehead atoms. The van der Waals surface area contributed by atoms with Gasteiger partial charge in [-0.3, -0.25) is 9.88 Å². The molecule has 3 unspecified atom stereocenters. The smallest absolute Gasteiger partial charge is 0.0952 e. The van der Waals surface area contributed by atoms with E-state index in [2.05, 4.69) is 22.9 Å². The Kier molecular flexibility index (Phi) is 6.49. The minimum atomic E-state index is -0.409. The number of fused-ring (bicyclic) bond motifs is 4. The van der Waals surface area contributed by atoms with Crippen LogP contribution in [0.5, 0.6) is 0 Å². The molecule has 0 aliphatic carbocycles. The number of nitrogens with zero attached hydrogens (tertiary/aromatic N) is 2. The highest BCUT2D eigenvalue weighted by Crippen LogP contribution is 2.42.